The molecule has 0 aliphatic carbocycles. The van der Waals surface area contributed by atoms with Gasteiger partial charge in [-0.15, -0.1) is 0 Å². The van der Waals surface area contributed by atoms with Gasteiger partial charge >= 0.3 is 0 Å². The second-order valence-corrected chi connectivity index (χ2v) is 7.56. The van der Waals surface area contributed by atoms with Crippen molar-refractivity contribution in [3.8, 4) is 11.5 Å². The maximum atomic E-state index is 13.0. The highest BCUT2D eigenvalue weighted by molar-refractivity contribution is 5.95. The smallest absolute Gasteiger partial charge is 0.253 e. The van der Waals surface area contributed by atoms with E-state index < -0.39 is 0 Å². The first-order valence-electron chi connectivity index (χ1n) is 9.81. The molecule has 0 saturated carbocycles. The van der Waals surface area contributed by atoms with Crippen LogP contribution in [0.5, 0.6) is 11.5 Å². The van der Waals surface area contributed by atoms with E-state index in [9.17, 15) is 9.59 Å². The molecule has 2 atom stereocenters. The van der Waals surface area contributed by atoms with Crippen LogP contribution >= 0.6 is 0 Å². The van der Waals surface area contributed by atoms with E-state index in [-0.39, 0.29) is 29.7 Å². The Kier molecular flexibility index (Phi) is 6.42. The largest absolute Gasteiger partial charge is 0.497 e. The number of hydrogen-bond acceptors (Lipinski definition) is 4. The molecule has 1 heterocycles. The molecule has 6 heteroatoms. The first-order chi connectivity index (χ1) is 13.9. The van der Waals surface area contributed by atoms with Gasteiger partial charge in [-0.3, -0.25) is 9.59 Å². The van der Waals surface area contributed by atoms with Crippen molar-refractivity contribution in [1.29, 1.82) is 0 Å². The van der Waals surface area contributed by atoms with Gasteiger partial charge in [-0.2, -0.15) is 0 Å². The standard InChI is InChI=1S/C23H28N2O4/c1-15(2)24-22(26)20-14-25(23(27)16-8-6-5-7-9-16)13-19(20)18-11-10-17(28-3)12-21(18)29-4/h5-12,15,19-20H,13-14H2,1-4H3,(H,24,26)/t19-,20+/m1/s1. The van der Waals surface area contributed by atoms with Crippen molar-refractivity contribution in [2.75, 3.05) is 27.3 Å². The van der Waals surface area contributed by atoms with Crippen LogP contribution in [0.4, 0.5) is 0 Å². The van der Waals surface area contributed by atoms with Crippen LogP contribution in [0.25, 0.3) is 0 Å². The lowest BCUT2D eigenvalue weighted by atomic mass is 9.87. The first kappa shape index (κ1) is 20.7. The van der Waals surface area contributed by atoms with Gasteiger partial charge in [-0.05, 0) is 32.0 Å². The molecule has 2 aromatic rings. The minimum atomic E-state index is -0.354. The average molecular weight is 396 g/mol. The van der Waals surface area contributed by atoms with Gasteiger partial charge in [0.15, 0.2) is 0 Å². The molecule has 1 aliphatic rings. The van der Waals surface area contributed by atoms with Gasteiger partial charge in [0.25, 0.3) is 5.91 Å². The summed E-state index contributed by atoms with van der Waals surface area (Å²) in [5.41, 5.74) is 1.53. The zero-order valence-electron chi connectivity index (χ0n) is 17.3. The minimum Gasteiger partial charge on any atom is -0.497 e. The highest BCUT2D eigenvalue weighted by Crippen LogP contribution is 2.39. The molecule has 3 rings (SSSR count). The zero-order valence-corrected chi connectivity index (χ0v) is 17.3. The molecular weight excluding hydrogens is 368 g/mol. The van der Waals surface area contributed by atoms with E-state index in [1.807, 2.05) is 50.2 Å². The summed E-state index contributed by atoms with van der Waals surface area (Å²) >= 11 is 0. The van der Waals surface area contributed by atoms with E-state index in [1.54, 1.807) is 31.3 Å². The maximum absolute atomic E-state index is 13.0. The topological polar surface area (TPSA) is 67.9 Å². The number of hydrogen-bond donors (Lipinski definition) is 1. The van der Waals surface area contributed by atoms with E-state index in [0.717, 1.165) is 5.56 Å². The third kappa shape index (κ3) is 4.53. The zero-order chi connectivity index (χ0) is 21.0. The Morgan fingerprint density at radius 2 is 1.76 bits per heavy atom. The lowest BCUT2D eigenvalue weighted by molar-refractivity contribution is -0.125. The Morgan fingerprint density at radius 3 is 2.38 bits per heavy atom. The first-order valence-corrected chi connectivity index (χ1v) is 9.81. The molecule has 0 aromatic heterocycles. The van der Waals surface area contributed by atoms with Crippen LogP contribution in [0.3, 0.4) is 0 Å². The van der Waals surface area contributed by atoms with Crippen LogP contribution in [-0.4, -0.2) is 50.1 Å². The van der Waals surface area contributed by atoms with E-state index >= 15 is 0 Å². The molecule has 0 radical (unpaired) electrons. The maximum Gasteiger partial charge on any atom is 0.253 e. The highest BCUT2D eigenvalue weighted by Gasteiger charge is 2.41. The summed E-state index contributed by atoms with van der Waals surface area (Å²) in [6, 6.07) is 14.8. The van der Waals surface area contributed by atoms with E-state index in [0.29, 0.717) is 30.2 Å². The van der Waals surface area contributed by atoms with Crippen LogP contribution in [-0.2, 0) is 4.79 Å². The third-order valence-corrected chi connectivity index (χ3v) is 5.24. The van der Waals surface area contributed by atoms with Gasteiger partial charge in [0.2, 0.25) is 5.91 Å². The van der Waals surface area contributed by atoms with Crippen molar-refractivity contribution in [1.82, 2.24) is 10.2 Å². The van der Waals surface area contributed by atoms with Crippen molar-refractivity contribution < 1.29 is 19.1 Å². The summed E-state index contributed by atoms with van der Waals surface area (Å²) in [7, 11) is 3.20. The van der Waals surface area contributed by atoms with Crippen molar-refractivity contribution >= 4 is 11.8 Å². The van der Waals surface area contributed by atoms with Crippen molar-refractivity contribution in [2.24, 2.45) is 5.92 Å². The number of carbonyl (C=O) groups excluding carboxylic acids is 2. The molecule has 0 unspecified atom stereocenters. The number of nitrogens with zero attached hydrogens (tertiary/aromatic N) is 1. The molecule has 1 aliphatic heterocycles. The molecule has 2 aromatic carbocycles. The van der Waals surface area contributed by atoms with E-state index in [4.69, 9.17) is 9.47 Å². The van der Waals surface area contributed by atoms with Gasteiger partial charge in [0.1, 0.15) is 11.5 Å². The quantitative estimate of drug-likeness (QED) is 0.815. The predicted molar refractivity (Wildman–Crippen MR) is 111 cm³/mol. The van der Waals surface area contributed by atoms with Crippen molar-refractivity contribution in [3.63, 3.8) is 0 Å². The van der Waals surface area contributed by atoms with Crippen LogP contribution in [0.1, 0.15) is 35.7 Å². The molecule has 2 amide bonds. The van der Waals surface area contributed by atoms with Gasteiger partial charge in [-0.25, -0.2) is 0 Å². The highest BCUT2D eigenvalue weighted by atomic mass is 16.5. The number of ether oxygens (including phenoxy) is 2. The lowest BCUT2D eigenvalue weighted by Gasteiger charge is -2.21. The normalized spacial score (nSPS) is 18.6. The molecule has 1 fully saturated rings. The minimum absolute atomic E-state index is 0.0276. The lowest BCUT2D eigenvalue weighted by Crippen LogP contribution is -2.39. The molecular formula is C23H28N2O4. The van der Waals surface area contributed by atoms with Crippen LogP contribution in [0.2, 0.25) is 0 Å². The summed E-state index contributed by atoms with van der Waals surface area (Å²) in [5.74, 6) is 0.707. The molecule has 1 N–H and O–H groups in total. The van der Waals surface area contributed by atoms with Crippen molar-refractivity contribution in [2.45, 2.75) is 25.8 Å². The van der Waals surface area contributed by atoms with Crippen LogP contribution < -0.4 is 14.8 Å². The Morgan fingerprint density at radius 1 is 1.03 bits per heavy atom. The number of benzene rings is 2. The number of nitrogens with one attached hydrogen (secondary N) is 1. The van der Waals surface area contributed by atoms with Gasteiger partial charge < -0.3 is 19.7 Å². The molecule has 0 bridgehead atoms. The fourth-order valence-corrected chi connectivity index (χ4v) is 3.83. The fourth-order valence-electron chi connectivity index (χ4n) is 3.83. The van der Waals surface area contributed by atoms with Crippen LogP contribution in [0.15, 0.2) is 48.5 Å². The predicted octanol–water partition coefficient (Wildman–Crippen LogP) is 3.08. The Balaban J connectivity index is 1.94. The van der Waals surface area contributed by atoms with Gasteiger partial charge in [0, 0.05) is 42.2 Å². The number of amides is 2. The van der Waals surface area contributed by atoms with Crippen LogP contribution in [0, 0.1) is 5.92 Å². The number of likely N-dealkylation sites (tertiary alicyclic amines) is 1. The fraction of sp³-hybridized carbons (Fsp3) is 0.391. The second-order valence-electron chi connectivity index (χ2n) is 7.56. The second kappa shape index (κ2) is 8.99. The number of carbonyl (C=O) groups is 2. The summed E-state index contributed by atoms with van der Waals surface area (Å²) in [6.07, 6.45) is 0. The number of methoxy groups -OCH3 is 2. The monoisotopic (exact) mass is 396 g/mol. The van der Waals surface area contributed by atoms with Gasteiger partial charge in [0.05, 0.1) is 20.1 Å². The van der Waals surface area contributed by atoms with Crippen molar-refractivity contribution in [3.05, 3.63) is 59.7 Å². The molecule has 1 saturated heterocycles. The Bertz CT molecular complexity index is 866. The Labute approximate surface area is 171 Å². The molecule has 154 valence electrons. The summed E-state index contributed by atoms with van der Waals surface area (Å²) in [6.45, 7) is 4.68. The summed E-state index contributed by atoms with van der Waals surface area (Å²) < 4.78 is 10.9. The average Bonchev–Trinajstić information content (AvgIpc) is 3.18. The van der Waals surface area contributed by atoms with Gasteiger partial charge in [-0.1, -0.05) is 24.3 Å². The van der Waals surface area contributed by atoms with E-state index in [1.165, 1.54) is 0 Å². The molecule has 29 heavy (non-hydrogen) atoms. The summed E-state index contributed by atoms with van der Waals surface area (Å²) in [4.78, 5) is 27.7. The Hall–Kier alpha value is -3.02. The molecule has 0 spiro atoms. The SMILES string of the molecule is COc1ccc([C@H]2CN(C(=O)c3ccccc3)C[C@@H]2C(=O)NC(C)C)c(OC)c1. The number of rotatable bonds is 6. The molecule has 6 nitrogen and oxygen atoms in total. The van der Waals surface area contributed by atoms with E-state index in [2.05, 4.69) is 5.32 Å². The third-order valence-electron chi connectivity index (χ3n) is 5.24. The summed E-state index contributed by atoms with van der Waals surface area (Å²) in [5, 5.41) is 3.00.